The molecule has 3 nitrogen and oxygen atoms in total. The van der Waals surface area contributed by atoms with Crippen molar-refractivity contribution in [2.24, 2.45) is 0 Å². The van der Waals surface area contributed by atoms with E-state index in [9.17, 15) is 0 Å². The summed E-state index contributed by atoms with van der Waals surface area (Å²) in [5, 5.41) is 4.24. The fourth-order valence-electron chi connectivity index (χ4n) is 1.45. The van der Waals surface area contributed by atoms with E-state index in [2.05, 4.69) is 52.0 Å². The molecule has 84 valence electrons. The van der Waals surface area contributed by atoms with Crippen LogP contribution < -0.4 is 4.74 Å². The molecule has 0 aliphatic carbocycles. The summed E-state index contributed by atoms with van der Waals surface area (Å²) in [5.41, 5.74) is 1.24. The third-order valence-electron chi connectivity index (χ3n) is 2.18. The van der Waals surface area contributed by atoms with Gasteiger partial charge >= 0.3 is 0 Å². The molecule has 0 radical (unpaired) electrons. The van der Waals surface area contributed by atoms with E-state index in [0.29, 0.717) is 6.61 Å². The summed E-state index contributed by atoms with van der Waals surface area (Å²) in [6.45, 7) is 3.43. The Balaban J connectivity index is 2.05. The zero-order valence-corrected chi connectivity index (χ0v) is 11.2. The highest BCUT2D eigenvalue weighted by Gasteiger charge is 1.99. The second kappa shape index (κ2) is 5.34. The monoisotopic (exact) mass is 328 g/mol. The molecule has 0 atom stereocenters. The van der Waals surface area contributed by atoms with E-state index in [1.807, 2.05) is 17.8 Å². The van der Waals surface area contributed by atoms with Crippen molar-refractivity contribution >= 4 is 22.6 Å². The van der Waals surface area contributed by atoms with Gasteiger partial charge in [0, 0.05) is 3.57 Å². The normalized spacial score (nSPS) is 10.4. The maximum absolute atomic E-state index is 5.36. The molecule has 0 bridgehead atoms. The number of rotatable bonds is 4. The molecule has 2 aromatic rings. The Morgan fingerprint density at radius 2 is 2.06 bits per heavy atom. The lowest BCUT2D eigenvalue weighted by Crippen LogP contribution is -1.99. The fraction of sp³-hybridized carbons (Fsp3) is 0.250. The molecule has 0 N–H and O–H groups in total. The van der Waals surface area contributed by atoms with Gasteiger partial charge in [-0.25, -0.2) is 0 Å². The third-order valence-corrected chi connectivity index (χ3v) is 2.90. The molecule has 0 aliphatic rings. The molecular weight excluding hydrogens is 315 g/mol. The Hall–Kier alpha value is -1.04. The van der Waals surface area contributed by atoms with Crippen LogP contribution in [0.4, 0.5) is 0 Å². The van der Waals surface area contributed by atoms with Crippen LogP contribution in [-0.2, 0) is 6.54 Å². The summed E-state index contributed by atoms with van der Waals surface area (Å²) in [7, 11) is 0. The van der Waals surface area contributed by atoms with Crippen molar-refractivity contribution in [2.45, 2.75) is 13.5 Å². The predicted octanol–water partition coefficient (Wildman–Crippen LogP) is 2.93. The summed E-state index contributed by atoms with van der Waals surface area (Å²) >= 11 is 2.30. The van der Waals surface area contributed by atoms with E-state index in [-0.39, 0.29) is 0 Å². The van der Waals surface area contributed by atoms with Crippen molar-refractivity contribution in [3.05, 3.63) is 45.8 Å². The van der Waals surface area contributed by atoms with Gasteiger partial charge in [0.15, 0.2) is 5.75 Å². The highest BCUT2D eigenvalue weighted by atomic mass is 127. The maximum Gasteiger partial charge on any atom is 0.157 e. The van der Waals surface area contributed by atoms with E-state index in [0.717, 1.165) is 12.3 Å². The number of nitrogens with zero attached hydrogens (tertiary/aromatic N) is 2. The van der Waals surface area contributed by atoms with Crippen LogP contribution in [0.25, 0.3) is 0 Å². The van der Waals surface area contributed by atoms with Crippen molar-refractivity contribution in [2.75, 3.05) is 6.61 Å². The van der Waals surface area contributed by atoms with Gasteiger partial charge in [-0.3, -0.25) is 4.68 Å². The second-order valence-electron chi connectivity index (χ2n) is 3.43. The molecule has 0 fully saturated rings. The number of benzene rings is 1. The number of aromatic nitrogens is 2. The van der Waals surface area contributed by atoms with Crippen LogP contribution in [0, 0.1) is 3.57 Å². The first-order valence-corrected chi connectivity index (χ1v) is 6.25. The summed E-state index contributed by atoms with van der Waals surface area (Å²) in [4.78, 5) is 0. The number of ether oxygens (including phenoxy) is 1. The van der Waals surface area contributed by atoms with Crippen LogP contribution in [0.5, 0.6) is 5.75 Å². The lowest BCUT2D eigenvalue weighted by molar-refractivity contribution is 0.340. The van der Waals surface area contributed by atoms with Crippen LogP contribution >= 0.6 is 22.6 Å². The summed E-state index contributed by atoms with van der Waals surface area (Å²) in [6, 6.07) is 8.43. The fourth-order valence-corrected chi connectivity index (χ4v) is 1.81. The van der Waals surface area contributed by atoms with Crippen LogP contribution in [-0.4, -0.2) is 16.4 Å². The first kappa shape index (κ1) is 11.4. The molecule has 0 unspecified atom stereocenters. The lowest BCUT2D eigenvalue weighted by atomic mass is 10.2. The molecule has 0 saturated heterocycles. The minimum Gasteiger partial charge on any atom is -0.491 e. The minimum atomic E-state index is 0.676. The molecule has 1 aromatic heterocycles. The third kappa shape index (κ3) is 2.98. The summed E-state index contributed by atoms with van der Waals surface area (Å²) in [5.74, 6) is 0.827. The van der Waals surface area contributed by atoms with Gasteiger partial charge in [0.1, 0.15) is 0 Å². The zero-order chi connectivity index (χ0) is 11.4. The Morgan fingerprint density at radius 1 is 1.31 bits per heavy atom. The Bertz CT molecular complexity index is 450. The predicted molar refractivity (Wildman–Crippen MR) is 71.7 cm³/mol. The molecule has 1 heterocycles. The van der Waals surface area contributed by atoms with Crippen LogP contribution in [0.1, 0.15) is 12.5 Å². The topological polar surface area (TPSA) is 27.1 Å². The molecule has 16 heavy (non-hydrogen) atoms. The SMILES string of the molecule is CCOc1cnn(Cc2ccc(I)cc2)c1. The van der Waals surface area contributed by atoms with Crippen molar-refractivity contribution in [3.8, 4) is 5.75 Å². The lowest BCUT2D eigenvalue weighted by Gasteiger charge is -2.01. The van der Waals surface area contributed by atoms with E-state index < -0.39 is 0 Å². The van der Waals surface area contributed by atoms with Crippen LogP contribution in [0.2, 0.25) is 0 Å². The quantitative estimate of drug-likeness (QED) is 0.807. The Kier molecular flexibility index (Phi) is 3.82. The Labute approximate surface area is 109 Å². The highest BCUT2D eigenvalue weighted by molar-refractivity contribution is 14.1. The Morgan fingerprint density at radius 3 is 2.75 bits per heavy atom. The van der Waals surface area contributed by atoms with Crippen LogP contribution in [0.3, 0.4) is 0 Å². The zero-order valence-electron chi connectivity index (χ0n) is 9.06. The molecule has 0 aliphatic heterocycles. The number of halogens is 1. The summed E-state index contributed by atoms with van der Waals surface area (Å²) in [6.07, 6.45) is 3.66. The average molecular weight is 328 g/mol. The molecule has 1 aromatic carbocycles. The standard InChI is InChI=1S/C12H13IN2O/c1-2-16-12-7-14-15(9-12)8-10-3-5-11(13)6-4-10/h3-7,9H,2,8H2,1H3. The number of hydrogen-bond donors (Lipinski definition) is 0. The van der Waals surface area contributed by atoms with Gasteiger partial charge in [-0.15, -0.1) is 0 Å². The van der Waals surface area contributed by atoms with E-state index in [1.54, 1.807) is 6.20 Å². The van der Waals surface area contributed by atoms with E-state index in [1.165, 1.54) is 9.13 Å². The smallest absolute Gasteiger partial charge is 0.157 e. The van der Waals surface area contributed by atoms with Gasteiger partial charge < -0.3 is 4.74 Å². The van der Waals surface area contributed by atoms with Crippen molar-refractivity contribution in [1.82, 2.24) is 9.78 Å². The molecule has 2 rings (SSSR count). The van der Waals surface area contributed by atoms with Crippen LogP contribution in [0.15, 0.2) is 36.7 Å². The highest BCUT2D eigenvalue weighted by Crippen LogP contribution is 2.11. The largest absolute Gasteiger partial charge is 0.491 e. The second-order valence-corrected chi connectivity index (χ2v) is 4.68. The molecule has 4 heteroatoms. The average Bonchev–Trinajstić information content (AvgIpc) is 2.70. The van der Waals surface area contributed by atoms with Crippen molar-refractivity contribution in [1.29, 1.82) is 0 Å². The van der Waals surface area contributed by atoms with Crippen molar-refractivity contribution < 1.29 is 4.74 Å². The van der Waals surface area contributed by atoms with Gasteiger partial charge in [-0.2, -0.15) is 5.10 Å². The van der Waals surface area contributed by atoms with Gasteiger partial charge in [0.05, 0.1) is 25.5 Å². The molecule has 0 amide bonds. The van der Waals surface area contributed by atoms with Gasteiger partial charge in [-0.05, 0) is 47.2 Å². The van der Waals surface area contributed by atoms with Gasteiger partial charge in [0.2, 0.25) is 0 Å². The summed E-state index contributed by atoms with van der Waals surface area (Å²) < 4.78 is 8.49. The van der Waals surface area contributed by atoms with Crippen molar-refractivity contribution in [3.63, 3.8) is 0 Å². The molecular formula is C12H13IN2O. The first-order valence-electron chi connectivity index (χ1n) is 5.17. The molecule has 0 spiro atoms. The van der Waals surface area contributed by atoms with E-state index >= 15 is 0 Å². The minimum absolute atomic E-state index is 0.676. The maximum atomic E-state index is 5.36. The first-order chi connectivity index (χ1) is 7.78. The van der Waals surface area contributed by atoms with Gasteiger partial charge in [-0.1, -0.05) is 12.1 Å². The number of hydrogen-bond acceptors (Lipinski definition) is 2. The van der Waals surface area contributed by atoms with E-state index in [4.69, 9.17) is 4.74 Å². The van der Waals surface area contributed by atoms with Gasteiger partial charge in [0.25, 0.3) is 0 Å². The molecule has 0 saturated carbocycles.